The highest BCUT2D eigenvalue weighted by Gasteiger charge is 2.22. The molecule has 4 aromatic rings. The molecule has 30 heavy (non-hydrogen) atoms. The standard InChI is InChI=1S/C24H23N3O3/c1-16-11-13-19(14-12-16)23-25-22(30-26-23)15-27(3)24(28)17(2)29-21-10-6-8-18-7-4-5-9-20(18)21/h4-14,17H,15H2,1-3H3/t17-/m0/s1. The highest BCUT2D eigenvalue weighted by atomic mass is 16.5. The van der Waals surface area contributed by atoms with Crippen LogP contribution in [0.4, 0.5) is 0 Å². The number of hydrogen-bond acceptors (Lipinski definition) is 5. The number of amides is 1. The summed E-state index contributed by atoms with van der Waals surface area (Å²) in [4.78, 5) is 18.7. The van der Waals surface area contributed by atoms with Gasteiger partial charge in [0.2, 0.25) is 11.7 Å². The first-order chi connectivity index (χ1) is 14.5. The van der Waals surface area contributed by atoms with Crippen molar-refractivity contribution in [2.45, 2.75) is 26.5 Å². The van der Waals surface area contributed by atoms with Crippen LogP contribution in [0.15, 0.2) is 71.3 Å². The maximum absolute atomic E-state index is 12.8. The molecule has 6 heteroatoms. The summed E-state index contributed by atoms with van der Waals surface area (Å²) in [7, 11) is 1.70. The molecule has 0 aliphatic carbocycles. The zero-order valence-electron chi connectivity index (χ0n) is 17.2. The molecule has 6 nitrogen and oxygen atoms in total. The lowest BCUT2D eigenvalue weighted by atomic mass is 10.1. The third kappa shape index (κ3) is 4.17. The Hall–Kier alpha value is -3.67. The van der Waals surface area contributed by atoms with E-state index in [2.05, 4.69) is 10.1 Å². The van der Waals surface area contributed by atoms with Crippen LogP contribution in [0.3, 0.4) is 0 Å². The number of rotatable bonds is 6. The fraction of sp³-hybridized carbons (Fsp3) is 0.208. The molecule has 3 aromatic carbocycles. The van der Waals surface area contributed by atoms with Crippen molar-refractivity contribution >= 4 is 16.7 Å². The summed E-state index contributed by atoms with van der Waals surface area (Å²) < 4.78 is 11.3. The molecule has 0 N–H and O–H groups in total. The van der Waals surface area contributed by atoms with Crippen LogP contribution >= 0.6 is 0 Å². The second kappa shape index (κ2) is 8.37. The lowest BCUT2D eigenvalue weighted by Gasteiger charge is -2.21. The largest absolute Gasteiger partial charge is 0.480 e. The van der Waals surface area contributed by atoms with Gasteiger partial charge in [-0.2, -0.15) is 4.98 Å². The molecule has 0 radical (unpaired) electrons. The molecular weight excluding hydrogens is 378 g/mol. The Kier molecular flexibility index (Phi) is 5.48. The Balaban J connectivity index is 1.42. The van der Waals surface area contributed by atoms with Crippen LogP contribution in [0.2, 0.25) is 0 Å². The molecule has 1 amide bonds. The molecule has 0 bridgehead atoms. The predicted molar refractivity (Wildman–Crippen MR) is 115 cm³/mol. The van der Waals surface area contributed by atoms with Gasteiger partial charge in [-0.1, -0.05) is 71.4 Å². The number of carbonyl (C=O) groups excluding carboxylic acids is 1. The zero-order valence-corrected chi connectivity index (χ0v) is 17.2. The quantitative estimate of drug-likeness (QED) is 0.471. The van der Waals surface area contributed by atoms with Crippen molar-refractivity contribution in [1.29, 1.82) is 0 Å². The molecule has 1 aromatic heterocycles. The number of nitrogens with zero attached hydrogens (tertiary/aromatic N) is 3. The number of aromatic nitrogens is 2. The molecule has 0 spiro atoms. The van der Waals surface area contributed by atoms with Crippen LogP contribution in [0.25, 0.3) is 22.2 Å². The van der Waals surface area contributed by atoms with Gasteiger partial charge in [0.1, 0.15) is 5.75 Å². The monoisotopic (exact) mass is 401 g/mol. The summed E-state index contributed by atoms with van der Waals surface area (Å²) in [6, 6.07) is 21.6. The van der Waals surface area contributed by atoms with Crippen LogP contribution in [0, 0.1) is 6.92 Å². The maximum Gasteiger partial charge on any atom is 0.263 e. The topological polar surface area (TPSA) is 68.5 Å². The molecule has 0 unspecified atom stereocenters. The first-order valence-corrected chi connectivity index (χ1v) is 9.80. The van der Waals surface area contributed by atoms with E-state index in [1.54, 1.807) is 14.0 Å². The fourth-order valence-electron chi connectivity index (χ4n) is 3.27. The van der Waals surface area contributed by atoms with E-state index in [-0.39, 0.29) is 12.5 Å². The van der Waals surface area contributed by atoms with Gasteiger partial charge in [0.15, 0.2) is 6.10 Å². The number of aryl methyl sites for hydroxylation is 1. The molecule has 1 heterocycles. The Labute approximate surface area is 175 Å². The zero-order chi connectivity index (χ0) is 21.1. The molecule has 1 atom stereocenters. The van der Waals surface area contributed by atoms with Crippen LogP contribution in [-0.2, 0) is 11.3 Å². The average Bonchev–Trinajstić information content (AvgIpc) is 3.22. The Bertz CT molecular complexity index is 1160. The van der Waals surface area contributed by atoms with E-state index in [0.29, 0.717) is 17.5 Å². The average molecular weight is 401 g/mol. The number of fused-ring (bicyclic) bond motifs is 1. The van der Waals surface area contributed by atoms with E-state index in [9.17, 15) is 4.79 Å². The summed E-state index contributed by atoms with van der Waals surface area (Å²) in [5, 5.41) is 6.06. The molecular formula is C24H23N3O3. The van der Waals surface area contributed by atoms with Gasteiger partial charge in [-0.3, -0.25) is 4.79 Å². The van der Waals surface area contributed by atoms with Gasteiger partial charge in [-0.25, -0.2) is 0 Å². The minimum atomic E-state index is -0.653. The van der Waals surface area contributed by atoms with Crippen LogP contribution < -0.4 is 4.74 Å². The Morgan fingerprint density at radius 1 is 1.07 bits per heavy atom. The van der Waals surface area contributed by atoms with Crippen LogP contribution in [-0.4, -0.2) is 34.1 Å². The highest BCUT2D eigenvalue weighted by molar-refractivity contribution is 5.89. The first kappa shape index (κ1) is 19.6. The highest BCUT2D eigenvalue weighted by Crippen LogP contribution is 2.26. The van der Waals surface area contributed by atoms with Gasteiger partial charge in [-0.05, 0) is 25.3 Å². The van der Waals surface area contributed by atoms with Crippen LogP contribution in [0.1, 0.15) is 18.4 Å². The lowest BCUT2D eigenvalue weighted by molar-refractivity contribution is -0.137. The fourth-order valence-corrected chi connectivity index (χ4v) is 3.27. The van der Waals surface area contributed by atoms with E-state index in [1.807, 2.05) is 73.7 Å². The first-order valence-electron chi connectivity index (χ1n) is 9.80. The van der Waals surface area contributed by atoms with Crippen molar-refractivity contribution in [2.24, 2.45) is 0 Å². The smallest absolute Gasteiger partial charge is 0.263 e. The minimum absolute atomic E-state index is 0.168. The molecule has 4 rings (SSSR count). The van der Waals surface area contributed by atoms with Crippen molar-refractivity contribution in [3.05, 3.63) is 78.2 Å². The SMILES string of the molecule is Cc1ccc(-c2noc(CN(C)C(=O)[C@H](C)Oc3cccc4ccccc34)n2)cc1. The molecule has 0 saturated carbocycles. The van der Waals surface area contributed by atoms with Crippen molar-refractivity contribution in [3.63, 3.8) is 0 Å². The molecule has 152 valence electrons. The predicted octanol–water partition coefficient (Wildman–Crippen LogP) is 4.62. The summed E-state index contributed by atoms with van der Waals surface area (Å²) in [6.07, 6.45) is -0.653. The molecule has 0 saturated heterocycles. The summed E-state index contributed by atoms with van der Waals surface area (Å²) in [5.74, 6) is 1.39. The van der Waals surface area contributed by atoms with Gasteiger partial charge in [0.05, 0.1) is 6.54 Å². The van der Waals surface area contributed by atoms with Crippen molar-refractivity contribution in [2.75, 3.05) is 7.05 Å². The van der Waals surface area contributed by atoms with Gasteiger partial charge in [-0.15, -0.1) is 0 Å². The summed E-state index contributed by atoms with van der Waals surface area (Å²) in [6.45, 7) is 3.97. The van der Waals surface area contributed by atoms with Crippen molar-refractivity contribution in [1.82, 2.24) is 15.0 Å². The number of hydrogen-bond donors (Lipinski definition) is 0. The normalized spacial score (nSPS) is 12.0. The van der Waals surface area contributed by atoms with E-state index in [0.717, 1.165) is 21.9 Å². The Morgan fingerprint density at radius 3 is 2.60 bits per heavy atom. The third-order valence-electron chi connectivity index (χ3n) is 4.93. The molecule has 0 aliphatic heterocycles. The van der Waals surface area contributed by atoms with Crippen molar-refractivity contribution < 1.29 is 14.1 Å². The van der Waals surface area contributed by atoms with Gasteiger partial charge >= 0.3 is 0 Å². The molecule has 0 fully saturated rings. The summed E-state index contributed by atoms with van der Waals surface area (Å²) in [5.41, 5.74) is 2.03. The summed E-state index contributed by atoms with van der Waals surface area (Å²) >= 11 is 0. The Morgan fingerprint density at radius 2 is 1.80 bits per heavy atom. The van der Waals surface area contributed by atoms with Crippen molar-refractivity contribution in [3.8, 4) is 17.1 Å². The van der Waals surface area contributed by atoms with Gasteiger partial charge in [0.25, 0.3) is 5.91 Å². The van der Waals surface area contributed by atoms with E-state index < -0.39 is 6.10 Å². The van der Waals surface area contributed by atoms with Gasteiger partial charge in [0, 0.05) is 18.0 Å². The molecule has 0 aliphatic rings. The number of benzene rings is 3. The second-order valence-electron chi connectivity index (χ2n) is 7.31. The van der Waals surface area contributed by atoms with E-state index in [1.165, 1.54) is 4.90 Å². The van der Waals surface area contributed by atoms with Gasteiger partial charge < -0.3 is 14.2 Å². The number of ether oxygens (including phenoxy) is 1. The number of carbonyl (C=O) groups is 1. The lowest BCUT2D eigenvalue weighted by Crippen LogP contribution is -2.37. The minimum Gasteiger partial charge on any atom is -0.480 e. The van der Waals surface area contributed by atoms with E-state index >= 15 is 0 Å². The third-order valence-corrected chi connectivity index (χ3v) is 4.93. The second-order valence-corrected chi connectivity index (χ2v) is 7.31. The maximum atomic E-state index is 12.8. The van der Waals surface area contributed by atoms with Crippen LogP contribution in [0.5, 0.6) is 5.75 Å². The van der Waals surface area contributed by atoms with E-state index in [4.69, 9.17) is 9.26 Å². The number of likely N-dealkylation sites (N-methyl/N-ethyl adjacent to an activating group) is 1.